The van der Waals surface area contributed by atoms with Gasteiger partial charge in [-0.15, -0.1) is 0 Å². The van der Waals surface area contributed by atoms with Gasteiger partial charge in [0.05, 0.1) is 19.6 Å². The molecule has 4 nitrogen and oxygen atoms in total. The van der Waals surface area contributed by atoms with Crippen molar-refractivity contribution in [2.75, 3.05) is 31.2 Å². The number of rotatable bonds is 5. The molecule has 0 aliphatic carbocycles. The average molecular weight is 261 g/mol. The second-order valence-corrected chi connectivity index (χ2v) is 4.64. The van der Waals surface area contributed by atoms with E-state index in [0.29, 0.717) is 12.0 Å². The Bertz CT molecular complexity index is 447. The molecule has 2 rings (SSSR count). The lowest BCUT2D eigenvalue weighted by atomic mass is 10.0. The molecule has 1 saturated heterocycles. The zero-order valence-corrected chi connectivity index (χ0v) is 11.2. The van der Waals surface area contributed by atoms with Gasteiger partial charge in [0.2, 0.25) is 0 Å². The van der Waals surface area contributed by atoms with Crippen molar-refractivity contribution in [3.8, 4) is 0 Å². The number of ketones is 2. The normalized spacial score (nSPS) is 15.3. The van der Waals surface area contributed by atoms with Gasteiger partial charge in [0.15, 0.2) is 5.78 Å². The minimum atomic E-state index is -0.0969. The molecule has 0 saturated carbocycles. The third-order valence-electron chi connectivity index (χ3n) is 3.32. The van der Waals surface area contributed by atoms with E-state index in [-0.39, 0.29) is 18.0 Å². The first-order chi connectivity index (χ1) is 9.20. The molecule has 0 atom stereocenters. The van der Waals surface area contributed by atoms with Crippen LogP contribution in [0.3, 0.4) is 0 Å². The summed E-state index contributed by atoms with van der Waals surface area (Å²) in [6.45, 7) is 5.01. The Morgan fingerprint density at radius 2 is 1.79 bits per heavy atom. The molecule has 1 fully saturated rings. The number of carbonyl (C=O) groups excluding carboxylic acids is 2. The molecular formula is C15H19NO3. The Morgan fingerprint density at radius 1 is 1.16 bits per heavy atom. The first-order valence-electron chi connectivity index (χ1n) is 6.68. The van der Waals surface area contributed by atoms with Crippen molar-refractivity contribution in [1.82, 2.24) is 0 Å². The molecule has 19 heavy (non-hydrogen) atoms. The van der Waals surface area contributed by atoms with Crippen LogP contribution in [0.25, 0.3) is 0 Å². The third-order valence-corrected chi connectivity index (χ3v) is 3.32. The number of nitrogens with zero attached hydrogens (tertiary/aromatic N) is 1. The van der Waals surface area contributed by atoms with Crippen molar-refractivity contribution >= 4 is 17.3 Å². The smallest absolute Gasteiger partial charge is 0.170 e. The van der Waals surface area contributed by atoms with Crippen molar-refractivity contribution in [2.45, 2.75) is 19.8 Å². The molecule has 0 unspecified atom stereocenters. The Balaban J connectivity index is 2.01. The van der Waals surface area contributed by atoms with Crippen LogP contribution >= 0.6 is 0 Å². The van der Waals surface area contributed by atoms with Crippen molar-refractivity contribution < 1.29 is 14.3 Å². The van der Waals surface area contributed by atoms with Crippen LogP contribution in [0.5, 0.6) is 0 Å². The Labute approximate surface area is 113 Å². The second-order valence-electron chi connectivity index (χ2n) is 4.64. The van der Waals surface area contributed by atoms with E-state index in [9.17, 15) is 9.59 Å². The van der Waals surface area contributed by atoms with Gasteiger partial charge in [0, 0.05) is 30.8 Å². The summed E-state index contributed by atoms with van der Waals surface area (Å²) in [5.74, 6) is -0.109. The van der Waals surface area contributed by atoms with Gasteiger partial charge in [-0.05, 0) is 24.3 Å². The van der Waals surface area contributed by atoms with E-state index < -0.39 is 0 Å². The summed E-state index contributed by atoms with van der Waals surface area (Å²) in [5.41, 5.74) is 1.71. The van der Waals surface area contributed by atoms with Crippen LogP contribution in [-0.4, -0.2) is 37.9 Å². The summed E-state index contributed by atoms with van der Waals surface area (Å²) in [6, 6.07) is 7.48. The van der Waals surface area contributed by atoms with Crippen LogP contribution in [0, 0.1) is 0 Å². The molecule has 0 amide bonds. The summed E-state index contributed by atoms with van der Waals surface area (Å²) in [4.78, 5) is 25.3. The van der Waals surface area contributed by atoms with E-state index in [2.05, 4.69) is 4.90 Å². The number of hydrogen-bond donors (Lipinski definition) is 0. The monoisotopic (exact) mass is 261 g/mol. The van der Waals surface area contributed by atoms with Gasteiger partial charge in [-0.2, -0.15) is 0 Å². The van der Waals surface area contributed by atoms with E-state index in [1.54, 1.807) is 19.1 Å². The highest BCUT2D eigenvalue weighted by Crippen LogP contribution is 2.17. The average Bonchev–Trinajstić information content (AvgIpc) is 2.48. The van der Waals surface area contributed by atoms with Gasteiger partial charge < -0.3 is 9.64 Å². The standard InChI is InChI=1S/C15H19NO3/c1-2-14(17)11-15(18)12-3-5-13(6-4-12)16-7-9-19-10-8-16/h3-6H,2,7-11H2,1H3. The number of benzene rings is 1. The SMILES string of the molecule is CCC(=O)CC(=O)c1ccc(N2CCOCC2)cc1. The fraction of sp³-hybridized carbons (Fsp3) is 0.467. The summed E-state index contributed by atoms with van der Waals surface area (Å²) < 4.78 is 5.31. The van der Waals surface area contributed by atoms with Crippen molar-refractivity contribution in [2.24, 2.45) is 0 Å². The molecule has 4 heteroatoms. The van der Waals surface area contributed by atoms with Crippen molar-refractivity contribution in [3.63, 3.8) is 0 Å². The van der Waals surface area contributed by atoms with Crippen LogP contribution in [0.1, 0.15) is 30.1 Å². The van der Waals surface area contributed by atoms with Crippen LogP contribution in [-0.2, 0) is 9.53 Å². The number of ether oxygens (including phenoxy) is 1. The van der Waals surface area contributed by atoms with Gasteiger partial charge in [-0.1, -0.05) is 6.92 Å². The zero-order chi connectivity index (χ0) is 13.7. The van der Waals surface area contributed by atoms with Gasteiger partial charge in [0.25, 0.3) is 0 Å². The molecule has 1 heterocycles. The summed E-state index contributed by atoms with van der Waals surface area (Å²) in [7, 11) is 0. The van der Waals surface area contributed by atoms with Gasteiger partial charge in [-0.3, -0.25) is 9.59 Å². The molecule has 0 N–H and O–H groups in total. The Hall–Kier alpha value is -1.68. The number of anilines is 1. The summed E-state index contributed by atoms with van der Waals surface area (Å²) in [5, 5.41) is 0. The fourth-order valence-corrected chi connectivity index (χ4v) is 2.09. The minimum Gasteiger partial charge on any atom is -0.378 e. The molecule has 1 aliphatic rings. The van der Waals surface area contributed by atoms with Crippen LogP contribution < -0.4 is 4.90 Å². The first-order valence-corrected chi connectivity index (χ1v) is 6.68. The molecule has 1 aromatic rings. The number of hydrogen-bond acceptors (Lipinski definition) is 4. The van der Waals surface area contributed by atoms with Crippen LogP contribution in [0.15, 0.2) is 24.3 Å². The minimum absolute atomic E-state index is 0.00734. The summed E-state index contributed by atoms with van der Waals surface area (Å²) >= 11 is 0. The van der Waals surface area contributed by atoms with E-state index in [4.69, 9.17) is 4.74 Å². The molecule has 1 aliphatic heterocycles. The molecular weight excluding hydrogens is 242 g/mol. The van der Waals surface area contributed by atoms with Gasteiger partial charge in [0.1, 0.15) is 5.78 Å². The number of Topliss-reactive ketones (excluding diaryl/α,β-unsaturated/α-hetero) is 2. The maximum absolute atomic E-state index is 11.8. The zero-order valence-electron chi connectivity index (χ0n) is 11.2. The number of morpholine rings is 1. The van der Waals surface area contributed by atoms with Crippen molar-refractivity contribution in [1.29, 1.82) is 0 Å². The molecule has 1 aromatic carbocycles. The first kappa shape index (κ1) is 13.7. The second kappa shape index (κ2) is 6.48. The lowest BCUT2D eigenvalue weighted by Crippen LogP contribution is -2.36. The fourth-order valence-electron chi connectivity index (χ4n) is 2.09. The van der Waals surface area contributed by atoms with Crippen LogP contribution in [0.4, 0.5) is 5.69 Å². The Kier molecular flexibility index (Phi) is 4.68. The molecule has 0 aromatic heterocycles. The molecule has 102 valence electrons. The lowest BCUT2D eigenvalue weighted by Gasteiger charge is -2.28. The predicted octanol–water partition coefficient (Wildman–Crippen LogP) is 2.08. The lowest BCUT2D eigenvalue weighted by molar-refractivity contribution is -0.117. The molecule has 0 spiro atoms. The summed E-state index contributed by atoms with van der Waals surface area (Å²) in [6.07, 6.45) is 0.422. The van der Waals surface area contributed by atoms with E-state index >= 15 is 0 Å². The number of carbonyl (C=O) groups is 2. The van der Waals surface area contributed by atoms with Gasteiger partial charge in [-0.25, -0.2) is 0 Å². The maximum Gasteiger partial charge on any atom is 0.170 e. The van der Waals surface area contributed by atoms with E-state index in [1.165, 1.54) is 0 Å². The molecule has 0 radical (unpaired) electrons. The van der Waals surface area contributed by atoms with Crippen LogP contribution in [0.2, 0.25) is 0 Å². The Morgan fingerprint density at radius 3 is 2.37 bits per heavy atom. The third kappa shape index (κ3) is 3.64. The quantitative estimate of drug-likeness (QED) is 0.601. The largest absolute Gasteiger partial charge is 0.378 e. The van der Waals surface area contributed by atoms with Crippen molar-refractivity contribution in [3.05, 3.63) is 29.8 Å². The topological polar surface area (TPSA) is 46.6 Å². The van der Waals surface area contributed by atoms with Gasteiger partial charge >= 0.3 is 0 Å². The van der Waals surface area contributed by atoms with E-state index in [1.807, 2.05) is 12.1 Å². The molecule has 0 bridgehead atoms. The maximum atomic E-state index is 11.8. The van der Waals surface area contributed by atoms with E-state index in [0.717, 1.165) is 32.0 Å². The highest BCUT2D eigenvalue weighted by atomic mass is 16.5. The predicted molar refractivity (Wildman–Crippen MR) is 73.7 cm³/mol. The highest BCUT2D eigenvalue weighted by molar-refractivity contribution is 6.07. The highest BCUT2D eigenvalue weighted by Gasteiger charge is 2.13.